The SMILES string of the molecule is COc1ccc(NC(=O)c2ccc(S(=O)(=O)C(F)(F)F)cc2)cc1OC. The monoisotopic (exact) mass is 389 g/mol. The zero-order chi connectivity index (χ0) is 19.5. The zero-order valence-corrected chi connectivity index (χ0v) is 14.4. The van der Waals surface area contributed by atoms with E-state index in [4.69, 9.17) is 9.47 Å². The van der Waals surface area contributed by atoms with Crippen molar-refractivity contribution in [2.24, 2.45) is 0 Å². The second-order valence-electron chi connectivity index (χ2n) is 5.00. The second-order valence-corrected chi connectivity index (χ2v) is 6.94. The Morgan fingerprint density at radius 1 is 0.962 bits per heavy atom. The lowest BCUT2D eigenvalue weighted by molar-refractivity contribution is -0.0436. The summed E-state index contributed by atoms with van der Waals surface area (Å²) in [4.78, 5) is 11.2. The highest BCUT2D eigenvalue weighted by atomic mass is 32.2. The van der Waals surface area contributed by atoms with Gasteiger partial charge in [-0.25, -0.2) is 8.42 Å². The van der Waals surface area contributed by atoms with E-state index < -0.39 is 26.1 Å². The number of ether oxygens (including phenoxy) is 2. The van der Waals surface area contributed by atoms with E-state index in [9.17, 15) is 26.4 Å². The van der Waals surface area contributed by atoms with Gasteiger partial charge in [0.1, 0.15) is 0 Å². The summed E-state index contributed by atoms with van der Waals surface area (Å²) in [6, 6.07) is 8.05. The Morgan fingerprint density at radius 3 is 2.04 bits per heavy atom. The molecule has 2 aromatic carbocycles. The Hall–Kier alpha value is -2.75. The molecule has 0 saturated carbocycles. The highest BCUT2D eigenvalue weighted by Crippen LogP contribution is 2.31. The molecule has 0 aliphatic heterocycles. The van der Waals surface area contributed by atoms with Crippen LogP contribution >= 0.6 is 0 Å². The Bertz CT molecular complexity index is 908. The van der Waals surface area contributed by atoms with Gasteiger partial charge < -0.3 is 14.8 Å². The molecule has 0 saturated heterocycles. The first-order chi connectivity index (χ1) is 12.1. The first-order valence-electron chi connectivity index (χ1n) is 7.05. The zero-order valence-electron chi connectivity index (χ0n) is 13.6. The van der Waals surface area contributed by atoms with Crippen LogP contribution in [-0.2, 0) is 9.84 Å². The van der Waals surface area contributed by atoms with Crippen molar-refractivity contribution in [2.75, 3.05) is 19.5 Å². The fourth-order valence-corrected chi connectivity index (χ4v) is 2.80. The molecule has 26 heavy (non-hydrogen) atoms. The van der Waals surface area contributed by atoms with Crippen LogP contribution in [0.5, 0.6) is 11.5 Å². The number of rotatable bonds is 5. The molecule has 0 aliphatic carbocycles. The summed E-state index contributed by atoms with van der Waals surface area (Å²) >= 11 is 0. The lowest BCUT2D eigenvalue weighted by Crippen LogP contribution is -2.23. The number of amides is 1. The number of alkyl halides is 3. The van der Waals surface area contributed by atoms with Crippen molar-refractivity contribution in [3.8, 4) is 11.5 Å². The summed E-state index contributed by atoms with van der Waals surface area (Å²) < 4.78 is 70.3. The number of sulfone groups is 1. The number of carbonyl (C=O) groups is 1. The van der Waals surface area contributed by atoms with Crippen LogP contribution < -0.4 is 14.8 Å². The molecular formula is C16H14F3NO5S. The number of nitrogens with one attached hydrogen (secondary N) is 1. The van der Waals surface area contributed by atoms with Gasteiger partial charge in [-0.05, 0) is 36.4 Å². The molecule has 0 aromatic heterocycles. The number of anilines is 1. The van der Waals surface area contributed by atoms with Crippen molar-refractivity contribution in [1.29, 1.82) is 0 Å². The van der Waals surface area contributed by atoms with Gasteiger partial charge in [-0.3, -0.25) is 4.79 Å². The van der Waals surface area contributed by atoms with Gasteiger partial charge in [0, 0.05) is 17.3 Å². The van der Waals surface area contributed by atoms with Crippen LogP contribution in [0.1, 0.15) is 10.4 Å². The van der Waals surface area contributed by atoms with Gasteiger partial charge in [0.25, 0.3) is 15.7 Å². The number of halogens is 3. The van der Waals surface area contributed by atoms with Crippen molar-refractivity contribution >= 4 is 21.4 Å². The maximum atomic E-state index is 12.5. The van der Waals surface area contributed by atoms with Crippen LogP contribution in [0.3, 0.4) is 0 Å². The van der Waals surface area contributed by atoms with Gasteiger partial charge >= 0.3 is 5.51 Å². The van der Waals surface area contributed by atoms with Crippen LogP contribution in [-0.4, -0.2) is 34.1 Å². The molecule has 1 amide bonds. The van der Waals surface area contributed by atoms with Crippen molar-refractivity contribution in [2.45, 2.75) is 10.4 Å². The summed E-state index contributed by atoms with van der Waals surface area (Å²) in [7, 11) is -2.59. The van der Waals surface area contributed by atoms with Gasteiger partial charge in [0.05, 0.1) is 19.1 Å². The topological polar surface area (TPSA) is 81.7 Å². The molecule has 1 N–H and O–H groups in total. The van der Waals surface area contributed by atoms with Crippen molar-refractivity contribution < 1.29 is 35.9 Å². The average Bonchev–Trinajstić information content (AvgIpc) is 2.60. The Balaban J connectivity index is 2.21. The molecule has 0 radical (unpaired) electrons. The van der Waals surface area contributed by atoms with Crippen LogP contribution in [0.2, 0.25) is 0 Å². The third-order valence-corrected chi connectivity index (χ3v) is 4.88. The number of hydrogen-bond donors (Lipinski definition) is 1. The largest absolute Gasteiger partial charge is 0.501 e. The van der Waals surface area contributed by atoms with Crippen molar-refractivity contribution in [1.82, 2.24) is 0 Å². The minimum Gasteiger partial charge on any atom is -0.493 e. The van der Waals surface area contributed by atoms with E-state index in [1.807, 2.05) is 0 Å². The molecular weight excluding hydrogens is 375 g/mol. The van der Waals surface area contributed by atoms with Gasteiger partial charge in [0.2, 0.25) is 0 Å². The quantitative estimate of drug-likeness (QED) is 0.849. The summed E-state index contributed by atoms with van der Waals surface area (Å²) in [5, 5.41) is 2.53. The third-order valence-electron chi connectivity index (χ3n) is 3.37. The van der Waals surface area contributed by atoms with E-state index in [0.717, 1.165) is 24.3 Å². The number of benzene rings is 2. The summed E-state index contributed by atoms with van der Waals surface area (Å²) in [6.45, 7) is 0. The number of hydrogen-bond acceptors (Lipinski definition) is 5. The molecule has 0 spiro atoms. The predicted molar refractivity (Wildman–Crippen MR) is 87.2 cm³/mol. The van der Waals surface area contributed by atoms with Crippen LogP contribution in [0, 0.1) is 0 Å². The van der Waals surface area contributed by atoms with E-state index >= 15 is 0 Å². The first kappa shape index (κ1) is 19.6. The second kappa shape index (κ2) is 7.24. The van der Waals surface area contributed by atoms with Gasteiger partial charge in [0.15, 0.2) is 11.5 Å². The van der Waals surface area contributed by atoms with Gasteiger partial charge in [-0.15, -0.1) is 0 Å². The summed E-state index contributed by atoms with van der Waals surface area (Å²) in [5.74, 6) is 0.192. The molecule has 0 heterocycles. The van der Waals surface area contributed by atoms with Crippen molar-refractivity contribution in [3.63, 3.8) is 0 Å². The summed E-state index contributed by atoms with van der Waals surface area (Å²) in [5.41, 5.74) is -5.06. The van der Waals surface area contributed by atoms with Gasteiger partial charge in [-0.2, -0.15) is 13.2 Å². The maximum absolute atomic E-state index is 12.5. The molecule has 0 bridgehead atoms. The van der Waals surface area contributed by atoms with Crippen molar-refractivity contribution in [3.05, 3.63) is 48.0 Å². The number of carbonyl (C=O) groups excluding carboxylic acids is 1. The molecule has 0 fully saturated rings. The third kappa shape index (κ3) is 3.90. The molecule has 0 atom stereocenters. The number of methoxy groups -OCH3 is 2. The highest BCUT2D eigenvalue weighted by Gasteiger charge is 2.46. The fourth-order valence-electron chi connectivity index (χ4n) is 2.04. The first-order valence-corrected chi connectivity index (χ1v) is 8.53. The van der Waals surface area contributed by atoms with Crippen LogP contribution in [0.25, 0.3) is 0 Å². The van der Waals surface area contributed by atoms with E-state index in [1.165, 1.54) is 20.3 Å². The molecule has 140 valence electrons. The van der Waals surface area contributed by atoms with E-state index in [2.05, 4.69) is 5.32 Å². The standard InChI is InChI=1S/C16H14F3NO5S/c1-24-13-8-5-11(9-14(13)25-2)20-15(21)10-3-6-12(7-4-10)26(22,23)16(17,18)19/h3-9H,1-2H3,(H,20,21). The minimum absolute atomic E-state index is 0.0130. The van der Waals surface area contributed by atoms with Gasteiger partial charge in [-0.1, -0.05) is 0 Å². The van der Waals surface area contributed by atoms with Crippen LogP contribution in [0.4, 0.5) is 18.9 Å². The molecule has 0 aliphatic rings. The van der Waals surface area contributed by atoms with E-state index in [-0.39, 0.29) is 5.56 Å². The molecule has 2 aromatic rings. The normalized spacial score (nSPS) is 11.7. The predicted octanol–water partition coefficient (Wildman–Crippen LogP) is 3.25. The Morgan fingerprint density at radius 2 is 1.54 bits per heavy atom. The van der Waals surface area contributed by atoms with E-state index in [0.29, 0.717) is 17.2 Å². The fraction of sp³-hybridized carbons (Fsp3) is 0.188. The Labute approximate surface area is 147 Å². The Kier molecular flexibility index (Phi) is 5.45. The average molecular weight is 389 g/mol. The molecule has 0 unspecified atom stereocenters. The van der Waals surface area contributed by atoms with E-state index in [1.54, 1.807) is 12.1 Å². The summed E-state index contributed by atoms with van der Waals surface area (Å²) in [6.07, 6.45) is 0. The van der Waals surface area contributed by atoms with Crippen LogP contribution in [0.15, 0.2) is 47.4 Å². The molecule has 2 rings (SSSR count). The lowest BCUT2D eigenvalue weighted by atomic mass is 10.2. The molecule has 6 nitrogen and oxygen atoms in total. The molecule has 10 heteroatoms. The lowest BCUT2D eigenvalue weighted by Gasteiger charge is -2.11. The maximum Gasteiger partial charge on any atom is 0.501 e. The minimum atomic E-state index is -5.46. The smallest absolute Gasteiger partial charge is 0.493 e. The highest BCUT2D eigenvalue weighted by molar-refractivity contribution is 7.92.